The quantitative estimate of drug-likeness (QED) is 0.582. The molecular formula is C5H3ClN4O. The van der Waals surface area contributed by atoms with Gasteiger partial charge in [-0.1, -0.05) is 16.1 Å². The maximum absolute atomic E-state index is 5.30. The molecular weight excluding hydrogens is 168 g/mol. The van der Waals surface area contributed by atoms with Gasteiger partial charge in [0.05, 0.1) is 0 Å². The van der Waals surface area contributed by atoms with Crippen molar-refractivity contribution in [1.82, 2.24) is 20.4 Å². The molecule has 5 nitrogen and oxygen atoms in total. The van der Waals surface area contributed by atoms with Crippen LogP contribution in [-0.2, 0) is 0 Å². The zero-order valence-corrected chi connectivity index (χ0v) is 6.12. The lowest BCUT2D eigenvalue weighted by molar-refractivity contribution is 0.328. The number of hydrogen-bond donors (Lipinski definition) is 0. The second-order valence-corrected chi connectivity index (χ2v) is 1.78. The maximum Gasteiger partial charge on any atom is 0.356 e. The Morgan fingerprint density at radius 1 is 1.36 bits per heavy atom. The van der Waals surface area contributed by atoms with Crippen LogP contribution in [0.4, 0.5) is 0 Å². The maximum atomic E-state index is 5.30. The molecule has 0 aromatic carbocycles. The van der Waals surface area contributed by atoms with Crippen molar-refractivity contribution in [2.45, 2.75) is 0 Å². The molecule has 1 heterocycles. The normalized spacial score (nSPS) is 8.73. The van der Waals surface area contributed by atoms with Crippen molar-refractivity contribution in [3.05, 3.63) is 5.28 Å². The Labute approximate surface area is 67.8 Å². The fourth-order valence-corrected chi connectivity index (χ4v) is 0.448. The lowest BCUT2D eigenvalue weighted by Crippen LogP contribution is -2.01. The zero-order chi connectivity index (χ0) is 8.10. The first-order valence-corrected chi connectivity index (χ1v) is 3.00. The Hall–Kier alpha value is -1.41. The van der Waals surface area contributed by atoms with Crippen molar-refractivity contribution >= 4 is 11.6 Å². The van der Waals surface area contributed by atoms with E-state index < -0.39 is 0 Å². The van der Waals surface area contributed by atoms with Gasteiger partial charge in [-0.25, -0.2) is 0 Å². The van der Waals surface area contributed by atoms with Crippen molar-refractivity contribution in [3.63, 3.8) is 0 Å². The summed E-state index contributed by atoms with van der Waals surface area (Å²) in [4.78, 5) is 0. The highest BCUT2D eigenvalue weighted by Crippen LogP contribution is 1.98. The molecule has 0 atom stereocenters. The third kappa shape index (κ3) is 2.35. The highest BCUT2D eigenvalue weighted by Gasteiger charge is 1.97. The molecule has 0 aliphatic carbocycles. The molecule has 6 heteroatoms. The summed E-state index contributed by atoms with van der Waals surface area (Å²) in [5, 5.41) is 13.6. The van der Waals surface area contributed by atoms with E-state index in [9.17, 15) is 0 Å². The molecule has 1 rings (SSSR count). The van der Waals surface area contributed by atoms with Gasteiger partial charge in [0.15, 0.2) is 6.61 Å². The molecule has 1 aromatic heterocycles. The fourth-order valence-electron chi connectivity index (χ4n) is 0.372. The van der Waals surface area contributed by atoms with Gasteiger partial charge in [-0.3, -0.25) is 0 Å². The number of ether oxygens (including phenoxy) is 1. The Morgan fingerprint density at radius 2 is 2.00 bits per heavy atom. The first-order chi connectivity index (χ1) is 5.33. The first-order valence-electron chi connectivity index (χ1n) is 2.62. The number of halogens is 1. The van der Waals surface area contributed by atoms with Gasteiger partial charge in [0.1, 0.15) is 0 Å². The molecule has 0 N–H and O–H groups in total. The summed E-state index contributed by atoms with van der Waals surface area (Å²) < 4.78 is 4.77. The van der Waals surface area contributed by atoms with E-state index >= 15 is 0 Å². The van der Waals surface area contributed by atoms with Crippen LogP contribution in [0.25, 0.3) is 0 Å². The zero-order valence-electron chi connectivity index (χ0n) is 5.36. The van der Waals surface area contributed by atoms with Crippen LogP contribution in [0.2, 0.25) is 5.28 Å². The summed E-state index contributed by atoms with van der Waals surface area (Å²) in [6.45, 7) is 0.0883. The average Bonchev–Trinajstić information content (AvgIpc) is 2.04. The topological polar surface area (TPSA) is 60.8 Å². The van der Waals surface area contributed by atoms with Gasteiger partial charge in [-0.05, 0) is 11.6 Å². The molecule has 0 saturated heterocycles. The Kier molecular flexibility index (Phi) is 2.58. The SMILES string of the molecule is C#CCOc1nnc(Cl)nn1. The van der Waals surface area contributed by atoms with E-state index in [2.05, 4.69) is 26.3 Å². The van der Waals surface area contributed by atoms with Crippen LogP contribution in [0.1, 0.15) is 0 Å². The highest BCUT2D eigenvalue weighted by molar-refractivity contribution is 6.28. The van der Waals surface area contributed by atoms with Gasteiger partial charge in [-0.15, -0.1) is 16.6 Å². The van der Waals surface area contributed by atoms with E-state index in [1.54, 1.807) is 0 Å². The van der Waals surface area contributed by atoms with E-state index in [1.807, 2.05) is 0 Å². The second-order valence-electron chi connectivity index (χ2n) is 1.44. The van der Waals surface area contributed by atoms with E-state index in [1.165, 1.54) is 0 Å². The van der Waals surface area contributed by atoms with Gasteiger partial charge in [0, 0.05) is 0 Å². The molecule has 56 valence electrons. The van der Waals surface area contributed by atoms with Crippen LogP contribution in [0.3, 0.4) is 0 Å². The van der Waals surface area contributed by atoms with E-state index in [0.717, 1.165) is 0 Å². The van der Waals surface area contributed by atoms with Gasteiger partial charge in [0.2, 0.25) is 0 Å². The number of terminal acetylenes is 1. The van der Waals surface area contributed by atoms with Crippen molar-refractivity contribution in [3.8, 4) is 18.4 Å². The molecule has 0 saturated carbocycles. The fraction of sp³-hybridized carbons (Fsp3) is 0.200. The Morgan fingerprint density at radius 3 is 2.55 bits per heavy atom. The smallest absolute Gasteiger partial charge is 0.356 e. The number of rotatable bonds is 2. The van der Waals surface area contributed by atoms with E-state index in [-0.39, 0.29) is 17.9 Å². The molecule has 11 heavy (non-hydrogen) atoms. The molecule has 0 aliphatic heterocycles. The van der Waals surface area contributed by atoms with Crippen molar-refractivity contribution in [2.24, 2.45) is 0 Å². The lowest BCUT2D eigenvalue weighted by Gasteiger charge is -1.94. The Bertz CT molecular complexity index is 267. The largest absolute Gasteiger partial charge is 0.448 e. The summed E-state index contributed by atoms with van der Waals surface area (Å²) in [5.74, 6) is 2.24. The van der Waals surface area contributed by atoms with E-state index in [4.69, 9.17) is 22.8 Å². The van der Waals surface area contributed by atoms with E-state index in [0.29, 0.717) is 0 Å². The molecule has 0 bridgehead atoms. The summed E-state index contributed by atoms with van der Waals surface area (Å²) in [6, 6.07) is 0.0207. The van der Waals surface area contributed by atoms with Gasteiger partial charge < -0.3 is 4.74 Å². The van der Waals surface area contributed by atoms with Gasteiger partial charge >= 0.3 is 6.01 Å². The minimum atomic E-state index is -0.0296. The number of hydrogen-bond acceptors (Lipinski definition) is 5. The molecule has 0 aliphatic rings. The second kappa shape index (κ2) is 3.68. The molecule has 0 radical (unpaired) electrons. The highest BCUT2D eigenvalue weighted by atomic mass is 35.5. The number of aromatic nitrogens is 4. The van der Waals surface area contributed by atoms with Crippen LogP contribution < -0.4 is 4.74 Å². The van der Waals surface area contributed by atoms with Crippen molar-refractivity contribution in [1.29, 1.82) is 0 Å². The number of nitrogens with zero attached hydrogens (tertiary/aromatic N) is 4. The summed E-state index contributed by atoms with van der Waals surface area (Å²) in [6.07, 6.45) is 4.91. The van der Waals surface area contributed by atoms with Crippen LogP contribution in [-0.4, -0.2) is 27.0 Å². The van der Waals surface area contributed by atoms with Crippen molar-refractivity contribution < 1.29 is 4.74 Å². The molecule has 0 fully saturated rings. The third-order valence-corrected chi connectivity index (χ3v) is 0.872. The summed E-state index contributed by atoms with van der Waals surface area (Å²) >= 11 is 5.30. The molecule has 0 amide bonds. The predicted octanol–water partition coefficient (Wildman–Crippen LogP) is -0.0680. The summed E-state index contributed by atoms with van der Waals surface area (Å²) in [7, 11) is 0. The summed E-state index contributed by atoms with van der Waals surface area (Å²) in [5.41, 5.74) is 0. The van der Waals surface area contributed by atoms with Crippen LogP contribution >= 0.6 is 11.6 Å². The average molecular weight is 171 g/mol. The standard InChI is InChI=1S/C5H3ClN4O/c1-2-3-11-5-9-7-4(6)8-10-5/h1H,3H2. The van der Waals surface area contributed by atoms with Crippen LogP contribution in [0.5, 0.6) is 6.01 Å². The van der Waals surface area contributed by atoms with Gasteiger partial charge in [-0.2, -0.15) is 0 Å². The predicted molar refractivity (Wildman–Crippen MR) is 37.0 cm³/mol. The molecule has 0 spiro atoms. The van der Waals surface area contributed by atoms with Crippen molar-refractivity contribution in [2.75, 3.05) is 6.61 Å². The van der Waals surface area contributed by atoms with Crippen LogP contribution in [0, 0.1) is 12.3 Å². The Balaban J connectivity index is 2.60. The lowest BCUT2D eigenvalue weighted by atomic mass is 10.8. The molecule has 1 aromatic rings. The minimum Gasteiger partial charge on any atom is -0.448 e. The third-order valence-electron chi connectivity index (χ3n) is 0.721. The monoisotopic (exact) mass is 170 g/mol. The minimum absolute atomic E-state index is 0.0207. The van der Waals surface area contributed by atoms with Crippen LogP contribution in [0.15, 0.2) is 0 Å². The first kappa shape index (κ1) is 7.69. The molecule has 0 unspecified atom stereocenters. The van der Waals surface area contributed by atoms with Gasteiger partial charge in [0.25, 0.3) is 5.28 Å².